The van der Waals surface area contributed by atoms with Crippen molar-refractivity contribution in [1.29, 1.82) is 0 Å². The zero-order valence-corrected chi connectivity index (χ0v) is 16.4. The van der Waals surface area contributed by atoms with Gasteiger partial charge in [0.05, 0.1) is 6.20 Å². The van der Waals surface area contributed by atoms with Crippen molar-refractivity contribution in [2.75, 3.05) is 44.0 Å². The van der Waals surface area contributed by atoms with Crippen LogP contribution in [0, 0.1) is 5.82 Å². The first-order valence-corrected chi connectivity index (χ1v) is 9.55. The Kier molecular flexibility index (Phi) is 6.09. The van der Waals surface area contributed by atoms with Crippen molar-refractivity contribution in [3.05, 3.63) is 54.5 Å². The number of ether oxygens (including phenoxy) is 3. The van der Waals surface area contributed by atoms with Gasteiger partial charge in [-0.2, -0.15) is 4.98 Å². The molecule has 2 heterocycles. The van der Waals surface area contributed by atoms with Crippen molar-refractivity contribution < 1.29 is 18.6 Å². The van der Waals surface area contributed by atoms with Gasteiger partial charge in [-0.1, -0.05) is 6.07 Å². The highest BCUT2D eigenvalue weighted by Gasteiger charge is 2.14. The first-order chi connectivity index (χ1) is 14.7. The number of benzene rings is 2. The van der Waals surface area contributed by atoms with Crippen molar-refractivity contribution in [1.82, 2.24) is 15.3 Å². The Balaban J connectivity index is 1.48. The maximum absolute atomic E-state index is 14.3. The molecule has 4 rings (SSSR count). The highest BCUT2D eigenvalue weighted by Crippen LogP contribution is 2.33. The number of nitrogens with zero attached hydrogens (tertiary/aromatic N) is 2. The fraction of sp³-hybridized carbons (Fsp3) is 0.238. The summed E-state index contributed by atoms with van der Waals surface area (Å²) in [5, 5.41) is 9.05. The quantitative estimate of drug-likeness (QED) is 0.486. The van der Waals surface area contributed by atoms with Gasteiger partial charge in [0.25, 0.3) is 0 Å². The Morgan fingerprint density at radius 3 is 2.73 bits per heavy atom. The highest BCUT2D eigenvalue weighted by atomic mass is 19.1. The smallest absolute Gasteiger partial charge is 0.229 e. The summed E-state index contributed by atoms with van der Waals surface area (Å²) in [6, 6.07) is 12.7. The molecule has 30 heavy (non-hydrogen) atoms. The Hall–Kier alpha value is -3.59. The molecule has 0 saturated carbocycles. The minimum atomic E-state index is -0.570. The van der Waals surface area contributed by atoms with Gasteiger partial charge < -0.3 is 30.2 Å². The number of halogens is 1. The topological polar surface area (TPSA) is 89.6 Å². The van der Waals surface area contributed by atoms with Crippen molar-refractivity contribution >= 4 is 23.1 Å². The number of rotatable bonds is 8. The van der Waals surface area contributed by atoms with E-state index in [1.54, 1.807) is 18.2 Å². The molecule has 1 aliphatic rings. The molecule has 0 atom stereocenters. The van der Waals surface area contributed by atoms with E-state index in [0.29, 0.717) is 42.8 Å². The summed E-state index contributed by atoms with van der Waals surface area (Å²) >= 11 is 0. The largest absolute Gasteiger partial charge is 0.492 e. The third-order valence-corrected chi connectivity index (χ3v) is 4.26. The van der Waals surface area contributed by atoms with E-state index in [9.17, 15) is 4.39 Å². The molecule has 9 heteroatoms. The fourth-order valence-electron chi connectivity index (χ4n) is 2.84. The molecule has 0 saturated heterocycles. The first kappa shape index (κ1) is 19.7. The lowest BCUT2D eigenvalue weighted by molar-refractivity contribution is 0.171. The Morgan fingerprint density at radius 1 is 1.03 bits per heavy atom. The molecule has 2 aromatic carbocycles. The molecule has 0 radical (unpaired) electrons. The van der Waals surface area contributed by atoms with E-state index in [2.05, 4.69) is 25.9 Å². The standard InChI is InChI=1S/C21H22FN5O3/c1-23-7-8-28-16-4-2-3-14(11-16)26-21-24-13-17(22)20(27-21)25-15-5-6-18-19(12-15)30-10-9-29-18/h2-6,11-13,23H,7-10H2,1H3,(H2,24,25,26,27). The predicted molar refractivity (Wildman–Crippen MR) is 112 cm³/mol. The number of anilines is 4. The lowest BCUT2D eigenvalue weighted by Gasteiger charge is -2.19. The molecule has 0 bridgehead atoms. The molecular formula is C21H22FN5O3. The van der Waals surface area contributed by atoms with E-state index in [4.69, 9.17) is 14.2 Å². The van der Waals surface area contributed by atoms with E-state index >= 15 is 0 Å². The minimum absolute atomic E-state index is 0.0469. The second-order valence-electron chi connectivity index (χ2n) is 6.48. The minimum Gasteiger partial charge on any atom is -0.492 e. The van der Waals surface area contributed by atoms with Crippen LogP contribution in [0.1, 0.15) is 0 Å². The molecule has 0 spiro atoms. The van der Waals surface area contributed by atoms with Crippen molar-refractivity contribution in [2.45, 2.75) is 0 Å². The van der Waals surface area contributed by atoms with E-state index in [1.807, 2.05) is 31.3 Å². The van der Waals surface area contributed by atoms with Gasteiger partial charge >= 0.3 is 0 Å². The summed E-state index contributed by atoms with van der Waals surface area (Å²) in [5.41, 5.74) is 1.36. The number of fused-ring (bicyclic) bond motifs is 1. The third-order valence-electron chi connectivity index (χ3n) is 4.26. The van der Waals surface area contributed by atoms with E-state index < -0.39 is 5.82 Å². The lowest BCUT2D eigenvalue weighted by atomic mass is 10.2. The lowest BCUT2D eigenvalue weighted by Crippen LogP contribution is -2.15. The zero-order valence-electron chi connectivity index (χ0n) is 16.4. The van der Waals surface area contributed by atoms with Crippen molar-refractivity contribution in [2.24, 2.45) is 0 Å². The summed E-state index contributed by atoms with van der Waals surface area (Å²) < 4.78 is 31.0. The number of aromatic nitrogens is 2. The van der Waals surface area contributed by atoms with Crippen LogP contribution in [0.3, 0.4) is 0 Å². The Bertz CT molecular complexity index is 1020. The highest BCUT2D eigenvalue weighted by molar-refractivity contribution is 5.63. The fourth-order valence-corrected chi connectivity index (χ4v) is 2.84. The summed E-state index contributed by atoms with van der Waals surface area (Å²) in [5.74, 6) is 1.71. The van der Waals surface area contributed by atoms with Gasteiger partial charge in [-0.25, -0.2) is 9.37 Å². The van der Waals surface area contributed by atoms with E-state index in [-0.39, 0.29) is 11.8 Å². The van der Waals surface area contributed by atoms with Crippen LogP contribution in [-0.2, 0) is 0 Å². The summed E-state index contributed by atoms with van der Waals surface area (Å²) in [6.07, 6.45) is 1.11. The van der Waals surface area contributed by atoms with Crippen LogP contribution >= 0.6 is 0 Å². The van der Waals surface area contributed by atoms with Crippen LogP contribution in [-0.4, -0.2) is 43.4 Å². The first-order valence-electron chi connectivity index (χ1n) is 9.55. The molecule has 0 aliphatic carbocycles. The van der Waals surface area contributed by atoms with Crippen molar-refractivity contribution in [3.8, 4) is 17.2 Å². The number of likely N-dealkylation sites (N-methyl/N-ethyl adjacent to an activating group) is 1. The van der Waals surface area contributed by atoms with Crippen LogP contribution in [0.5, 0.6) is 17.2 Å². The second kappa shape index (κ2) is 9.27. The molecular weight excluding hydrogens is 389 g/mol. The molecule has 0 amide bonds. The van der Waals surface area contributed by atoms with Gasteiger partial charge in [-0.15, -0.1) is 0 Å². The normalized spacial score (nSPS) is 12.3. The third kappa shape index (κ3) is 4.87. The van der Waals surface area contributed by atoms with Gasteiger partial charge in [0.1, 0.15) is 25.6 Å². The molecule has 8 nitrogen and oxygen atoms in total. The number of hydrogen-bond donors (Lipinski definition) is 3. The average Bonchev–Trinajstić information content (AvgIpc) is 2.76. The number of hydrogen-bond acceptors (Lipinski definition) is 8. The SMILES string of the molecule is CNCCOc1cccc(Nc2ncc(F)c(Nc3ccc4c(c3)OCCO4)n2)c1. The molecule has 1 aliphatic heterocycles. The van der Waals surface area contributed by atoms with Crippen LogP contribution < -0.4 is 30.2 Å². The molecule has 0 unspecified atom stereocenters. The molecule has 1 aromatic heterocycles. The van der Waals surface area contributed by atoms with Gasteiger partial charge in [-0.05, 0) is 31.3 Å². The van der Waals surface area contributed by atoms with Gasteiger partial charge in [0, 0.05) is 30.1 Å². The van der Waals surface area contributed by atoms with E-state index in [1.165, 1.54) is 0 Å². The summed E-state index contributed by atoms with van der Waals surface area (Å²) in [4.78, 5) is 8.27. The maximum Gasteiger partial charge on any atom is 0.229 e. The van der Waals surface area contributed by atoms with Crippen LogP contribution in [0.4, 0.5) is 27.5 Å². The van der Waals surface area contributed by atoms with Gasteiger partial charge in [0.2, 0.25) is 5.95 Å². The predicted octanol–water partition coefficient (Wildman–Crippen LogP) is 3.47. The summed E-state index contributed by atoms with van der Waals surface area (Å²) in [7, 11) is 1.86. The van der Waals surface area contributed by atoms with Crippen LogP contribution in [0.15, 0.2) is 48.7 Å². The van der Waals surface area contributed by atoms with Crippen molar-refractivity contribution in [3.63, 3.8) is 0 Å². The van der Waals surface area contributed by atoms with Crippen LogP contribution in [0.2, 0.25) is 0 Å². The molecule has 3 N–H and O–H groups in total. The van der Waals surface area contributed by atoms with Crippen LogP contribution in [0.25, 0.3) is 0 Å². The zero-order chi connectivity index (χ0) is 20.8. The Labute approximate surface area is 173 Å². The summed E-state index contributed by atoms with van der Waals surface area (Å²) in [6.45, 7) is 2.28. The van der Waals surface area contributed by atoms with Gasteiger partial charge in [0.15, 0.2) is 23.1 Å². The monoisotopic (exact) mass is 411 g/mol. The molecule has 3 aromatic rings. The Morgan fingerprint density at radius 2 is 1.87 bits per heavy atom. The second-order valence-corrected chi connectivity index (χ2v) is 6.48. The average molecular weight is 411 g/mol. The molecule has 0 fully saturated rings. The number of nitrogens with one attached hydrogen (secondary N) is 3. The van der Waals surface area contributed by atoms with Gasteiger partial charge in [-0.3, -0.25) is 0 Å². The maximum atomic E-state index is 14.3. The molecule has 156 valence electrons. The van der Waals surface area contributed by atoms with E-state index in [0.717, 1.165) is 18.4 Å².